The van der Waals surface area contributed by atoms with E-state index in [2.05, 4.69) is 19.6 Å². The smallest absolute Gasteiger partial charge is 0.432 e. The predicted octanol–water partition coefficient (Wildman–Crippen LogP) is 4.40. The molecular weight excluding hydrogens is 424 g/mol. The summed E-state index contributed by atoms with van der Waals surface area (Å²) in [5.74, 6) is -1.62. The summed E-state index contributed by atoms with van der Waals surface area (Å²) in [5, 5.41) is 0. The SMILES string of the molecule is O=C(OCCCCCCOC(=O)OOC(=O)c1ccccc1)OOC(=O)c1ccccc1. The molecule has 10 heteroatoms. The Morgan fingerprint density at radius 2 is 0.875 bits per heavy atom. The van der Waals surface area contributed by atoms with Crippen molar-refractivity contribution in [1.29, 1.82) is 0 Å². The number of ether oxygens (including phenoxy) is 2. The molecule has 0 fully saturated rings. The maximum atomic E-state index is 11.6. The van der Waals surface area contributed by atoms with Gasteiger partial charge in [0, 0.05) is 0 Å². The number of benzene rings is 2. The molecule has 2 aromatic rings. The van der Waals surface area contributed by atoms with Crippen LogP contribution in [0, 0.1) is 0 Å². The van der Waals surface area contributed by atoms with Crippen molar-refractivity contribution in [3.05, 3.63) is 71.8 Å². The Morgan fingerprint density at radius 3 is 1.25 bits per heavy atom. The van der Waals surface area contributed by atoms with E-state index in [1.54, 1.807) is 36.4 Å². The molecule has 0 radical (unpaired) electrons. The molecule has 0 aliphatic carbocycles. The van der Waals surface area contributed by atoms with Crippen LogP contribution in [-0.2, 0) is 29.0 Å². The first-order valence-corrected chi connectivity index (χ1v) is 9.77. The van der Waals surface area contributed by atoms with Crippen LogP contribution in [0.1, 0.15) is 46.4 Å². The van der Waals surface area contributed by atoms with Crippen LogP contribution in [-0.4, -0.2) is 37.5 Å². The van der Waals surface area contributed by atoms with Gasteiger partial charge in [-0.1, -0.05) is 36.4 Å². The van der Waals surface area contributed by atoms with Gasteiger partial charge in [0.2, 0.25) is 0 Å². The maximum absolute atomic E-state index is 11.6. The molecule has 0 aromatic heterocycles. The summed E-state index contributed by atoms with van der Waals surface area (Å²) in [6.07, 6.45) is 0.175. The van der Waals surface area contributed by atoms with Crippen LogP contribution in [0.2, 0.25) is 0 Å². The summed E-state index contributed by atoms with van der Waals surface area (Å²) in [5.41, 5.74) is 0.474. The molecule has 2 rings (SSSR count). The van der Waals surface area contributed by atoms with Crippen LogP contribution in [0.3, 0.4) is 0 Å². The topological polar surface area (TPSA) is 124 Å². The van der Waals surface area contributed by atoms with E-state index in [-0.39, 0.29) is 24.3 Å². The van der Waals surface area contributed by atoms with Gasteiger partial charge in [-0.25, -0.2) is 29.1 Å². The number of carbonyl (C=O) groups is 4. The Morgan fingerprint density at radius 1 is 0.500 bits per heavy atom. The first-order chi connectivity index (χ1) is 15.6. The van der Waals surface area contributed by atoms with Crippen molar-refractivity contribution in [2.75, 3.05) is 13.2 Å². The third-order valence-electron chi connectivity index (χ3n) is 3.87. The van der Waals surface area contributed by atoms with E-state index in [1.165, 1.54) is 24.3 Å². The molecule has 0 atom stereocenters. The molecule has 0 N–H and O–H groups in total. The van der Waals surface area contributed by atoms with Gasteiger partial charge in [-0.15, -0.1) is 0 Å². The van der Waals surface area contributed by atoms with Crippen molar-refractivity contribution in [2.45, 2.75) is 25.7 Å². The van der Waals surface area contributed by atoms with Gasteiger partial charge in [0.1, 0.15) is 0 Å². The van der Waals surface area contributed by atoms with Gasteiger partial charge < -0.3 is 9.47 Å². The summed E-state index contributed by atoms with van der Waals surface area (Å²) in [7, 11) is 0. The number of rotatable bonds is 9. The first kappa shape index (κ1) is 24.2. The molecule has 10 nitrogen and oxygen atoms in total. The fourth-order valence-corrected chi connectivity index (χ4v) is 2.31. The Hall–Kier alpha value is -4.08. The summed E-state index contributed by atoms with van der Waals surface area (Å²) < 4.78 is 9.54. The minimum Gasteiger partial charge on any atom is -0.432 e. The van der Waals surface area contributed by atoms with E-state index in [0.29, 0.717) is 25.7 Å². The maximum Gasteiger partial charge on any atom is 0.549 e. The van der Waals surface area contributed by atoms with Crippen LogP contribution < -0.4 is 0 Å². The lowest BCUT2D eigenvalue weighted by Crippen LogP contribution is -2.14. The number of hydrogen-bond donors (Lipinski definition) is 0. The fourth-order valence-electron chi connectivity index (χ4n) is 2.31. The number of unbranched alkanes of at least 4 members (excludes halogenated alkanes) is 3. The van der Waals surface area contributed by atoms with E-state index in [0.717, 1.165) is 0 Å². The van der Waals surface area contributed by atoms with Gasteiger partial charge in [0.25, 0.3) is 0 Å². The zero-order valence-corrected chi connectivity index (χ0v) is 17.1. The van der Waals surface area contributed by atoms with E-state index >= 15 is 0 Å². The molecule has 2 aromatic carbocycles. The lowest BCUT2D eigenvalue weighted by atomic mass is 10.2. The summed E-state index contributed by atoms with van der Waals surface area (Å²) >= 11 is 0. The highest BCUT2D eigenvalue weighted by molar-refractivity contribution is 5.89. The lowest BCUT2D eigenvalue weighted by Gasteiger charge is -2.06. The number of hydrogen-bond acceptors (Lipinski definition) is 10. The average Bonchev–Trinajstić information content (AvgIpc) is 2.83. The molecule has 0 amide bonds. The molecule has 32 heavy (non-hydrogen) atoms. The summed E-state index contributed by atoms with van der Waals surface area (Å²) in [6, 6.07) is 16.1. The molecule has 0 aliphatic rings. The van der Waals surface area contributed by atoms with Crippen molar-refractivity contribution >= 4 is 24.2 Å². The molecule has 0 heterocycles. The van der Waals surface area contributed by atoms with E-state index in [1.807, 2.05) is 0 Å². The zero-order chi connectivity index (χ0) is 23.0. The van der Waals surface area contributed by atoms with Gasteiger partial charge in [-0.2, -0.15) is 9.59 Å². The summed E-state index contributed by atoms with van der Waals surface area (Å²) in [6.45, 7) is 0.139. The fraction of sp³-hybridized carbons (Fsp3) is 0.273. The Balaban J connectivity index is 1.42. The van der Waals surface area contributed by atoms with Crippen molar-refractivity contribution in [2.24, 2.45) is 0 Å². The van der Waals surface area contributed by atoms with Crippen LogP contribution >= 0.6 is 0 Å². The normalized spacial score (nSPS) is 9.88. The molecule has 0 saturated carbocycles. The quantitative estimate of drug-likeness (QED) is 0.237. The average molecular weight is 446 g/mol. The molecule has 0 bridgehead atoms. The van der Waals surface area contributed by atoms with Gasteiger partial charge in [0.05, 0.1) is 24.3 Å². The van der Waals surface area contributed by atoms with Gasteiger partial charge in [0.15, 0.2) is 0 Å². The minimum absolute atomic E-state index is 0.0695. The number of carbonyl (C=O) groups excluding carboxylic acids is 4. The summed E-state index contributed by atoms with van der Waals surface area (Å²) in [4.78, 5) is 63.2. The highest BCUT2D eigenvalue weighted by Crippen LogP contribution is 2.05. The molecule has 0 unspecified atom stereocenters. The third kappa shape index (κ3) is 9.61. The highest BCUT2D eigenvalue weighted by Gasteiger charge is 2.13. The molecular formula is C22H22O10. The minimum atomic E-state index is -1.12. The van der Waals surface area contributed by atoms with E-state index in [9.17, 15) is 19.2 Å². The van der Waals surface area contributed by atoms with Gasteiger partial charge in [-0.05, 0) is 49.9 Å². The van der Waals surface area contributed by atoms with Crippen LogP contribution in [0.25, 0.3) is 0 Å². The second kappa shape index (κ2) is 14.0. The Bertz CT molecular complexity index is 793. The van der Waals surface area contributed by atoms with Crippen molar-refractivity contribution < 1.29 is 48.2 Å². The Labute approximate surface area is 183 Å². The van der Waals surface area contributed by atoms with Crippen LogP contribution in [0.5, 0.6) is 0 Å². The molecule has 0 aliphatic heterocycles. The zero-order valence-electron chi connectivity index (χ0n) is 17.1. The highest BCUT2D eigenvalue weighted by atomic mass is 17.2. The monoisotopic (exact) mass is 446 g/mol. The van der Waals surface area contributed by atoms with Crippen molar-refractivity contribution in [1.82, 2.24) is 0 Å². The molecule has 170 valence electrons. The molecule has 0 spiro atoms. The van der Waals surface area contributed by atoms with Crippen LogP contribution in [0.15, 0.2) is 60.7 Å². The van der Waals surface area contributed by atoms with E-state index < -0.39 is 24.2 Å². The first-order valence-electron chi connectivity index (χ1n) is 9.77. The molecule has 0 saturated heterocycles. The van der Waals surface area contributed by atoms with Crippen molar-refractivity contribution in [3.8, 4) is 0 Å². The largest absolute Gasteiger partial charge is 0.549 e. The lowest BCUT2D eigenvalue weighted by molar-refractivity contribution is -0.203. The predicted molar refractivity (Wildman–Crippen MR) is 107 cm³/mol. The standard InChI is InChI=1S/C22H22O10/c23-19(17-11-5-3-6-12-17)29-31-21(25)27-15-9-1-2-10-16-28-22(26)32-30-20(24)18-13-7-4-8-14-18/h3-8,11-14H,1-2,9-10,15-16H2. The van der Waals surface area contributed by atoms with Gasteiger partial charge >= 0.3 is 24.2 Å². The second-order valence-electron chi connectivity index (χ2n) is 6.25. The van der Waals surface area contributed by atoms with Gasteiger partial charge in [-0.3, -0.25) is 0 Å². The van der Waals surface area contributed by atoms with Crippen molar-refractivity contribution in [3.63, 3.8) is 0 Å². The Kier molecular flexibility index (Phi) is 10.6. The van der Waals surface area contributed by atoms with E-state index in [4.69, 9.17) is 9.47 Å². The third-order valence-corrected chi connectivity index (χ3v) is 3.87. The second-order valence-corrected chi connectivity index (χ2v) is 6.25. The van der Waals surface area contributed by atoms with Crippen LogP contribution in [0.4, 0.5) is 9.59 Å².